The van der Waals surface area contributed by atoms with E-state index in [0.29, 0.717) is 26.6 Å². The number of aromatic nitrogens is 2. The Morgan fingerprint density at radius 1 is 1.13 bits per heavy atom. The minimum atomic E-state index is -0.396. The van der Waals surface area contributed by atoms with Gasteiger partial charge in [-0.1, -0.05) is 41.3 Å². The van der Waals surface area contributed by atoms with E-state index in [1.54, 1.807) is 30.3 Å². The van der Waals surface area contributed by atoms with Gasteiger partial charge in [0.05, 0.1) is 30.8 Å². The molecule has 11 heteroatoms. The van der Waals surface area contributed by atoms with E-state index < -0.39 is 5.82 Å². The van der Waals surface area contributed by atoms with Crippen molar-refractivity contribution in [1.29, 1.82) is 0 Å². The Morgan fingerprint density at radius 2 is 1.94 bits per heavy atom. The molecule has 1 aromatic heterocycles. The second-order valence-corrected chi connectivity index (χ2v) is 8.50. The van der Waals surface area contributed by atoms with E-state index >= 15 is 0 Å². The summed E-state index contributed by atoms with van der Waals surface area (Å²) in [6.45, 7) is 1.73. The molecule has 0 aliphatic rings. The largest absolute Gasteiger partial charge is 0.495 e. The van der Waals surface area contributed by atoms with Gasteiger partial charge in [0.2, 0.25) is 16.9 Å². The van der Waals surface area contributed by atoms with Crippen molar-refractivity contribution in [1.82, 2.24) is 15.5 Å². The molecule has 0 unspecified atom stereocenters. The summed E-state index contributed by atoms with van der Waals surface area (Å²) in [7, 11) is 1.52. The first-order valence-electron chi connectivity index (χ1n) is 9.13. The summed E-state index contributed by atoms with van der Waals surface area (Å²) in [6.07, 6.45) is 0. The molecule has 2 aromatic carbocycles. The molecule has 3 rings (SSSR count). The highest BCUT2D eigenvalue weighted by Gasteiger charge is 2.12. The van der Waals surface area contributed by atoms with Crippen LogP contribution in [0, 0.1) is 12.7 Å². The van der Waals surface area contributed by atoms with Crippen LogP contribution in [0.15, 0.2) is 46.8 Å². The Balaban J connectivity index is 1.43. The van der Waals surface area contributed by atoms with E-state index in [-0.39, 0.29) is 24.1 Å². The third-order valence-corrected chi connectivity index (χ3v) is 5.90. The maximum atomic E-state index is 13.7. The van der Waals surface area contributed by atoms with Crippen molar-refractivity contribution in [3.63, 3.8) is 0 Å². The zero-order valence-corrected chi connectivity index (χ0v) is 18.4. The minimum Gasteiger partial charge on any atom is -0.495 e. The molecule has 1 heterocycles. The fraction of sp³-hybridized carbons (Fsp3) is 0.200. The highest BCUT2D eigenvalue weighted by atomic mass is 32.2. The zero-order chi connectivity index (χ0) is 22.2. The molecular weight excluding hydrogens is 441 g/mol. The molecule has 0 fully saturated rings. The third kappa shape index (κ3) is 6.66. The number of halogens is 1. The average Bonchev–Trinajstić information content (AvgIpc) is 3.20. The van der Waals surface area contributed by atoms with Crippen molar-refractivity contribution in [2.75, 3.05) is 30.0 Å². The lowest BCUT2D eigenvalue weighted by Gasteiger charge is -2.11. The smallest absolute Gasteiger partial charge is 0.243 e. The van der Waals surface area contributed by atoms with Crippen molar-refractivity contribution in [2.45, 2.75) is 11.3 Å². The predicted molar refractivity (Wildman–Crippen MR) is 120 cm³/mol. The summed E-state index contributed by atoms with van der Waals surface area (Å²) in [6, 6.07) is 11.7. The zero-order valence-electron chi connectivity index (χ0n) is 16.8. The molecule has 0 aliphatic carbocycles. The van der Waals surface area contributed by atoms with Crippen LogP contribution in [0.25, 0.3) is 0 Å². The quantitative estimate of drug-likeness (QED) is 0.418. The molecule has 0 aliphatic heterocycles. The van der Waals surface area contributed by atoms with Gasteiger partial charge in [0.15, 0.2) is 4.34 Å². The summed E-state index contributed by atoms with van der Waals surface area (Å²) in [4.78, 5) is 24.2. The highest BCUT2D eigenvalue weighted by Crippen LogP contribution is 2.28. The molecular formula is C20H20FN5O3S2. The number of carbonyl (C=O) groups is 2. The number of benzene rings is 2. The van der Waals surface area contributed by atoms with Gasteiger partial charge in [-0.15, -0.1) is 10.2 Å². The molecule has 0 spiro atoms. The van der Waals surface area contributed by atoms with Crippen molar-refractivity contribution in [3.05, 3.63) is 53.8 Å². The fourth-order valence-corrected chi connectivity index (χ4v) is 4.06. The third-order valence-electron chi connectivity index (χ3n) is 3.92. The van der Waals surface area contributed by atoms with Gasteiger partial charge in [0.1, 0.15) is 11.6 Å². The second kappa shape index (κ2) is 10.7. The van der Waals surface area contributed by atoms with Gasteiger partial charge in [0, 0.05) is 0 Å². The fourth-order valence-electron chi connectivity index (χ4n) is 2.47. The Hall–Kier alpha value is -3.18. The second-order valence-electron chi connectivity index (χ2n) is 6.30. The number of nitrogens with one attached hydrogen (secondary N) is 3. The van der Waals surface area contributed by atoms with Crippen molar-refractivity contribution in [2.24, 2.45) is 0 Å². The minimum absolute atomic E-state index is 0.0649. The van der Waals surface area contributed by atoms with Gasteiger partial charge in [-0.3, -0.25) is 9.59 Å². The van der Waals surface area contributed by atoms with E-state index in [1.165, 1.54) is 36.3 Å². The molecule has 0 atom stereocenters. The van der Waals surface area contributed by atoms with Crippen LogP contribution >= 0.6 is 23.1 Å². The number of ether oxygens (including phenoxy) is 1. The topological polar surface area (TPSA) is 105 Å². The maximum Gasteiger partial charge on any atom is 0.243 e. The summed E-state index contributed by atoms with van der Waals surface area (Å²) in [5.41, 5.74) is 1.81. The summed E-state index contributed by atoms with van der Waals surface area (Å²) >= 11 is 2.37. The molecule has 3 N–H and O–H groups in total. The van der Waals surface area contributed by atoms with E-state index in [4.69, 9.17) is 4.74 Å². The number of nitrogens with zero attached hydrogens (tertiary/aromatic N) is 2. The molecule has 31 heavy (non-hydrogen) atoms. The standard InChI is InChI=1S/C20H20FN5O3S2/c1-12-7-8-16(29-2)15(9-12)23-17(27)10-22-18(28)11-30-20-26-25-19(31-20)24-14-6-4-3-5-13(14)21/h3-9H,10-11H2,1-2H3,(H,22,28)(H,23,27)(H,24,25). The molecule has 8 nitrogen and oxygen atoms in total. The molecule has 0 radical (unpaired) electrons. The first-order chi connectivity index (χ1) is 14.9. The number of hydrogen-bond donors (Lipinski definition) is 3. The van der Waals surface area contributed by atoms with Gasteiger partial charge in [-0.2, -0.15) is 0 Å². The number of aryl methyl sites for hydroxylation is 1. The maximum absolute atomic E-state index is 13.7. The monoisotopic (exact) mass is 461 g/mol. The normalized spacial score (nSPS) is 10.4. The van der Waals surface area contributed by atoms with E-state index in [1.807, 2.05) is 13.0 Å². The number of methoxy groups -OCH3 is 1. The van der Waals surface area contributed by atoms with Crippen LogP contribution < -0.4 is 20.7 Å². The number of amides is 2. The summed E-state index contributed by atoms with van der Waals surface area (Å²) in [5.74, 6) is -0.482. The highest BCUT2D eigenvalue weighted by molar-refractivity contribution is 8.01. The number of hydrogen-bond acceptors (Lipinski definition) is 8. The Morgan fingerprint density at radius 3 is 2.71 bits per heavy atom. The predicted octanol–water partition coefficient (Wildman–Crippen LogP) is 3.58. The van der Waals surface area contributed by atoms with Crippen molar-refractivity contribution < 1.29 is 18.7 Å². The van der Waals surface area contributed by atoms with Crippen LogP contribution in [-0.2, 0) is 9.59 Å². The van der Waals surface area contributed by atoms with Gasteiger partial charge >= 0.3 is 0 Å². The van der Waals surface area contributed by atoms with E-state index in [2.05, 4.69) is 26.1 Å². The van der Waals surface area contributed by atoms with Gasteiger partial charge in [0.25, 0.3) is 0 Å². The van der Waals surface area contributed by atoms with Crippen LogP contribution in [0.5, 0.6) is 5.75 Å². The van der Waals surface area contributed by atoms with E-state index in [9.17, 15) is 14.0 Å². The number of carbonyl (C=O) groups excluding carboxylic acids is 2. The van der Waals surface area contributed by atoms with Gasteiger partial charge < -0.3 is 20.7 Å². The number of anilines is 3. The molecule has 2 amide bonds. The van der Waals surface area contributed by atoms with Crippen LogP contribution in [0.3, 0.4) is 0 Å². The van der Waals surface area contributed by atoms with Crippen LogP contribution in [0.1, 0.15) is 5.56 Å². The van der Waals surface area contributed by atoms with Crippen LogP contribution in [0.2, 0.25) is 0 Å². The number of para-hydroxylation sites is 1. The number of thioether (sulfide) groups is 1. The van der Waals surface area contributed by atoms with Gasteiger partial charge in [-0.25, -0.2) is 4.39 Å². The summed E-state index contributed by atoms with van der Waals surface area (Å²) < 4.78 is 19.4. The SMILES string of the molecule is COc1ccc(C)cc1NC(=O)CNC(=O)CSc1nnc(Nc2ccccc2F)s1. The van der Waals surface area contributed by atoms with Crippen LogP contribution in [-0.4, -0.2) is 41.4 Å². The van der Waals surface area contributed by atoms with Crippen LogP contribution in [0.4, 0.5) is 20.9 Å². The van der Waals surface area contributed by atoms with Crippen molar-refractivity contribution >= 4 is 51.4 Å². The molecule has 0 saturated carbocycles. The first-order valence-corrected chi connectivity index (χ1v) is 10.9. The first kappa shape index (κ1) is 22.5. The van der Waals surface area contributed by atoms with E-state index in [0.717, 1.165) is 5.56 Å². The molecule has 162 valence electrons. The van der Waals surface area contributed by atoms with Crippen molar-refractivity contribution in [3.8, 4) is 5.75 Å². The lowest BCUT2D eigenvalue weighted by molar-refractivity contribution is -0.122. The van der Waals surface area contributed by atoms with Gasteiger partial charge in [-0.05, 0) is 36.8 Å². The lowest BCUT2D eigenvalue weighted by atomic mass is 10.2. The summed E-state index contributed by atoms with van der Waals surface area (Å²) in [5, 5.41) is 16.4. The average molecular weight is 462 g/mol. The Kier molecular flexibility index (Phi) is 7.79. The molecule has 3 aromatic rings. The molecule has 0 saturated heterocycles. The Bertz CT molecular complexity index is 1080. The number of rotatable bonds is 9. The Labute approximate surface area is 186 Å². The lowest BCUT2D eigenvalue weighted by Crippen LogP contribution is -2.34. The molecule has 0 bridgehead atoms.